The van der Waals surface area contributed by atoms with Gasteiger partial charge in [-0.3, -0.25) is 4.79 Å². The summed E-state index contributed by atoms with van der Waals surface area (Å²) in [7, 11) is 0. The van der Waals surface area contributed by atoms with E-state index in [0.717, 1.165) is 57.8 Å². The van der Waals surface area contributed by atoms with Crippen LogP contribution in [0.1, 0.15) is 44.9 Å². The number of amides is 1. The van der Waals surface area contributed by atoms with Gasteiger partial charge in [-0.05, 0) is 55.1 Å². The second-order valence-corrected chi connectivity index (χ2v) is 9.80. The predicted molar refractivity (Wildman–Crippen MR) is 108 cm³/mol. The van der Waals surface area contributed by atoms with Gasteiger partial charge in [-0.2, -0.15) is 4.98 Å². The Kier molecular flexibility index (Phi) is 3.94. The largest absolute Gasteiger partial charge is 0.423 e. The van der Waals surface area contributed by atoms with E-state index in [2.05, 4.69) is 14.8 Å². The smallest absolute Gasteiger partial charge is 0.298 e. The van der Waals surface area contributed by atoms with Crippen LogP contribution in [0.2, 0.25) is 0 Å². The molecule has 0 N–H and O–H groups in total. The minimum absolute atomic E-state index is 0.250. The number of piperidine rings is 1. The number of halogens is 1. The van der Waals surface area contributed by atoms with Crippen LogP contribution < -0.4 is 4.90 Å². The molecule has 154 valence electrons. The maximum atomic E-state index is 13.4. The normalized spacial score (nSPS) is 28.9. The highest BCUT2D eigenvalue weighted by atomic mass is 19.1. The van der Waals surface area contributed by atoms with E-state index in [1.807, 2.05) is 0 Å². The first-order valence-electron chi connectivity index (χ1n) is 11.2. The summed E-state index contributed by atoms with van der Waals surface area (Å²) in [6.45, 7) is 3.60. The van der Waals surface area contributed by atoms with Crippen molar-refractivity contribution in [1.29, 1.82) is 0 Å². The number of oxazole rings is 1. The molecule has 4 fully saturated rings. The number of rotatable bonds is 3. The Morgan fingerprint density at radius 2 is 1.97 bits per heavy atom. The molecule has 4 aliphatic rings. The number of carbonyl (C=O) groups excluding carboxylic acids is 1. The Labute approximate surface area is 170 Å². The van der Waals surface area contributed by atoms with Crippen LogP contribution in [0.4, 0.5) is 10.4 Å². The fourth-order valence-corrected chi connectivity index (χ4v) is 5.85. The molecule has 3 heterocycles. The highest BCUT2D eigenvalue weighted by Gasteiger charge is 2.51. The van der Waals surface area contributed by atoms with Gasteiger partial charge >= 0.3 is 0 Å². The van der Waals surface area contributed by atoms with E-state index < -0.39 is 0 Å². The molecule has 0 bridgehead atoms. The standard InChI is InChI=1S/C23H28FN3O2/c24-16-4-5-20-19(12-16)25-22(29-20)27-11-8-23(14-27)6-9-26(10-7-23)21(28)18-13-17(18)15-2-1-3-15/h4-5,12,15,17-18H,1-3,6-11,13-14H2/t17-,18+/m0/s1. The molecule has 1 spiro atoms. The van der Waals surface area contributed by atoms with E-state index in [9.17, 15) is 9.18 Å². The quantitative estimate of drug-likeness (QED) is 0.778. The molecule has 6 heteroatoms. The Balaban J connectivity index is 1.08. The van der Waals surface area contributed by atoms with E-state index in [1.54, 1.807) is 6.07 Å². The van der Waals surface area contributed by atoms with E-state index in [0.29, 0.717) is 34.9 Å². The number of hydrogen-bond donors (Lipinski definition) is 0. The van der Waals surface area contributed by atoms with Crippen LogP contribution in [0.15, 0.2) is 22.6 Å². The Morgan fingerprint density at radius 3 is 2.72 bits per heavy atom. The van der Waals surface area contributed by atoms with Crippen LogP contribution in [-0.4, -0.2) is 42.0 Å². The summed E-state index contributed by atoms with van der Waals surface area (Å²) in [5.74, 6) is 2.00. The van der Waals surface area contributed by atoms with Gasteiger partial charge in [-0.25, -0.2) is 4.39 Å². The minimum Gasteiger partial charge on any atom is -0.423 e. The van der Waals surface area contributed by atoms with Crippen molar-refractivity contribution in [1.82, 2.24) is 9.88 Å². The van der Waals surface area contributed by atoms with Crippen molar-refractivity contribution in [3.63, 3.8) is 0 Å². The maximum absolute atomic E-state index is 13.4. The summed E-state index contributed by atoms with van der Waals surface area (Å²) in [5, 5.41) is 0. The van der Waals surface area contributed by atoms with Gasteiger partial charge in [0.1, 0.15) is 11.3 Å². The lowest BCUT2D eigenvalue weighted by Crippen LogP contribution is -2.45. The fraction of sp³-hybridized carbons (Fsp3) is 0.652. The second kappa shape index (κ2) is 6.44. The van der Waals surface area contributed by atoms with Crippen molar-refractivity contribution in [3.05, 3.63) is 24.0 Å². The minimum atomic E-state index is -0.289. The second-order valence-electron chi connectivity index (χ2n) is 9.80. The lowest BCUT2D eigenvalue weighted by atomic mass is 9.77. The van der Waals surface area contributed by atoms with Crippen molar-refractivity contribution in [3.8, 4) is 0 Å². The summed E-state index contributed by atoms with van der Waals surface area (Å²) in [4.78, 5) is 21.7. The SMILES string of the molecule is O=C([C@@H]1C[C@H]1C1CCC1)N1CCC2(CC1)CCN(c1nc3cc(F)ccc3o1)C2. The number of nitrogens with zero attached hydrogens (tertiary/aromatic N) is 3. The molecular weight excluding hydrogens is 369 g/mol. The number of aromatic nitrogens is 1. The van der Waals surface area contributed by atoms with Crippen LogP contribution in [-0.2, 0) is 4.79 Å². The third kappa shape index (κ3) is 3.03. The number of likely N-dealkylation sites (tertiary alicyclic amines) is 1. The van der Waals surface area contributed by atoms with Crippen molar-refractivity contribution in [2.24, 2.45) is 23.2 Å². The summed E-state index contributed by atoms with van der Waals surface area (Å²) in [6, 6.07) is 5.08. The Morgan fingerprint density at radius 1 is 1.17 bits per heavy atom. The molecule has 0 unspecified atom stereocenters. The molecule has 2 aliphatic carbocycles. The van der Waals surface area contributed by atoms with Gasteiger partial charge in [0.15, 0.2) is 5.58 Å². The number of carbonyl (C=O) groups is 1. The van der Waals surface area contributed by atoms with E-state index in [4.69, 9.17) is 4.42 Å². The monoisotopic (exact) mass is 397 g/mol. The van der Waals surface area contributed by atoms with E-state index in [1.165, 1.54) is 31.4 Å². The first kappa shape index (κ1) is 17.7. The van der Waals surface area contributed by atoms with Gasteiger partial charge in [0.05, 0.1) is 0 Å². The van der Waals surface area contributed by atoms with E-state index >= 15 is 0 Å². The zero-order chi connectivity index (χ0) is 19.6. The summed E-state index contributed by atoms with van der Waals surface area (Å²) >= 11 is 0. The van der Waals surface area contributed by atoms with Gasteiger partial charge < -0.3 is 14.2 Å². The topological polar surface area (TPSA) is 49.6 Å². The van der Waals surface area contributed by atoms with Crippen LogP contribution in [0.3, 0.4) is 0 Å². The van der Waals surface area contributed by atoms with Crippen molar-refractivity contribution in [2.45, 2.75) is 44.9 Å². The summed E-state index contributed by atoms with van der Waals surface area (Å²) in [5.41, 5.74) is 1.46. The lowest BCUT2D eigenvalue weighted by molar-refractivity contribution is -0.135. The molecule has 1 aromatic carbocycles. The first-order chi connectivity index (χ1) is 14.1. The molecule has 6 rings (SSSR count). The van der Waals surface area contributed by atoms with Crippen molar-refractivity contribution in [2.75, 3.05) is 31.1 Å². The highest BCUT2D eigenvalue weighted by Crippen LogP contribution is 2.53. The zero-order valence-corrected chi connectivity index (χ0v) is 16.8. The zero-order valence-electron chi connectivity index (χ0n) is 16.8. The number of benzene rings is 1. The highest BCUT2D eigenvalue weighted by molar-refractivity contribution is 5.82. The number of fused-ring (bicyclic) bond motifs is 1. The molecule has 29 heavy (non-hydrogen) atoms. The first-order valence-corrected chi connectivity index (χ1v) is 11.2. The number of anilines is 1. The van der Waals surface area contributed by atoms with Crippen LogP contribution in [0.5, 0.6) is 0 Å². The average Bonchev–Trinajstić information content (AvgIpc) is 3.15. The van der Waals surface area contributed by atoms with Gasteiger partial charge in [0.2, 0.25) is 5.91 Å². The molecular formula is C23H28FN3O2. The molecule has 2 saturated heterocycles. The Hall–Kier alpha value is -2.11. The van der Waals surface area contributed by atoms with Crippen molar-refractivity contribution >= 4 is 23.0 Å². The molecule has 1 aromatic heterocycles. The predicted octanol–water partition coefficient (Wildman–Crippen LogP) is 4.22. The Bertz CT molecular complexity index is 945. The maximum Gasteiger partial charge on any atom is 0.298 e. The number of hydrogen-bond acceptors (Lipinski definition) is 4. The van der Waals surface area contributed by atoms with E-state index in [-0.39, 0.29) is 11.2 Å². The fourth-order valence-electron chi connectivity index (χ4n) is 5.85. The molecule has 2 atom stereocenters. The molecule has 2 aliphatic heterocycles. The third-order valence-corrected chi connectivity index (χ3v) is 8.10. The average molecular weight is 397 g/mol. The van der Waals surface area contributed by atoms with Gasteiger partial charge in [0.25, 0.3) is 6.01 Å². The van der Waals surface area contributed by atoms with Crippen LogP contribution >= 0.6 is 0 Å². The lowest BCUT2D eigenvalue weighted by Gasteiger charge is -2.39. The molecule has 1 amide bonds. The summed E-state index contributed by atoms with van der Waals surface area (Å²) < 4.78 is 19.3. The van der Waals surface area contributed by atoms with Gasteiger partial charge in [0, 0.05) is 38.2 Å². The molecule has 2 aromatic rings. The van der Waals surface area contributed by atoms with Crippen LogP contribution in [0, 0.1) is 29.0 Å². The molecule has 2 saturated carbocycles. The van der Waals surface area contributed by atoms with Gasteiger partial charge in [-0.1, -0.05) is 19.3 Å². The van der Waals surface area contributed by atoms with Crippen LogP contribution in [0.25, 0.3) is 11.1 Å². The van der Waals surface area contributed by atoms with Gasteiger partial charge in [-0.15, -0.1) is 0 Å². The summed E-state index contributed by atoms with van der Waals surface area (Å²) in [6.07, 6.45) is 8.41. The molecule has 0 radical (unpaired) electrons. The molecule has 5 nitrogen and oxygen atoms in total. The third-order valence-electron chi connectivity index (χ3n) is 8.10. The van der Waals surface area contributed by atoms with Crippen molar-refractivity contribution < 1.29 is 13.6 Å².